The molecule has 10 heteroatoms. The smallest absolute Gasteiger partial charge is 0.339 e. The zero-order valence-corrected chi connectivity index (χ0v) is 15.6. The van der Waals surface area contributed by atoms with E-state index in [9.17, 15) is 31.9 Å². The minimum atomic E-state index is -4.50. The number of carbonyl (C=O) groups excluding carboxylic acids is 3. The van der Waals surface area contributed by atoms with Crippen molar-refractivity contribution in [1.29, 1.82) is 0 Å². The highest BCUT2D eigenvalue weighted by atomic mass is 19.4. The summed E-state index contributed by atoms with van der Waals surface area (Å²) in [5, 5.41) is 0. The van der Waals surface area contributed by atoms with E-state index in [-0.39, 0.29) is 50.1 Å². The zero-order valence-electron chi connectivity index (χ0n) is 15.6. The highest BCUT2D eigenvalue weighted by Gasteiger charge is 2.42. The third-order valence-corrected chi connectivity index (χ3v) is 5.15. The molecule has 0 aliphatic carbocycles. The van der Waals surface area contributed by atoms with E-state index in [1.54, 1.807) is 4.90 Å². The Bertz CT molecular complexity index is 774. The van der Waals surface area contributed by atoms with Gasteiger partial charge in [0.2, 0.25) is 17.7 Å². The SMILES string of the molecule is O=C(Cc1ccc(F)cc1)N1CCN(C(=O)C2CC(=O)N(CC(F)(F)F)C2)CC1. The zero-order chi connectivity index (χ0) is 21.2. The second kappa shape index (κ2) is 8.38. The van der Waals surface area contributed by atoms with Crippen molar-refractivity contribution >= 4 is 17.7 Å². The van der Waals surface area contributed by atoms with Gasteiger partial charge < -0.3 is 14.7 Å². The standard InChI is InChI=1S/C19H21F4N3O3/c20-15-3-1-13(2-4-15)9-16(27)24-5-7-25(8-6-24)18(29)14-10-17(28)26(11-14)12-19(21,22)23/h1-4,14H,5-12H2. The average molecular weight is 415 g/mol. The molecule has 3 amide bonds. The van der Waals surface area contributed by atoms with Gasteiger partial charge in [-0.1, -0.05) is 12.1 Å². The van der Waals surface area contributed by atoms with Crippen LogP contribution < -0.4 is 0 Å². The first-order chi connectivity index (χ1) is 13.6. The molecule has 158 valence electrons. The Balaban J connectivity index is 1.49. The molecular weight excluding hydrogens is 394 g/mol. The molecule has 1 aromatic rings. The van der Waals surface area contributed by atoms with Gasteiger partial charge in [0.1, 0.15) is 12.4 Å². The molecule has 2 aliphatic rings. The lowest BCUT2D eigenvalue weighted by Crippen LogP contribution is -2.52. The lowest BCUT2D eigenvalue weighted by Gasteiger charge is -2.36. The van der Waals surface area contributed by atoms with E-state index in [0.29, 0.717) is 23.6 Å². The number of alkyl halides is 3. The lowest BCUT2D eigenvalue weighted by atomic mass is 10.1. The lowest BCUT2D eigenvalue weighted by molar-refractivity contribution is -0.157. The van der Waals surface area contributed by atoms with Crippen molar-refractivity contribution in [3.8, 4) is 0 Å². The van der Waals surface area contributed by atoms with Crippen LogP contribution in [0.15, 0.2) is 24.3 Å². The van der Waals surface area contributed by atoms with Crippen LogP contribution in [-0.2, 0) is 20.8 Å². The number of hydrogen-bond donors (Lipinski definition) is 0. The summed E-state index contributed by atoms with van der Waals surface area (Å²) in [6, 6.07) is 5.64. The fourth-order valence-corrected chi connectivity index (χ4v) is 3.63. The molecule has 0 N–H and O–H groups in total. The summed E-state index contributed by atoms with van der Waals surface area (Å²) in [5.41, 5.74) is 0.684. The van der Waals surface area contributed by atoms with E-state index in [2.05, 4.69) is 0 Å². The molecular formula is C19H21F4N3O3. The Hall–Kier alpha value is -2.65. The number of carbonyl (C=O) groups is 3. The van der Waals surface area contributed by atoms with Crippen LogP contribution in [0.4, 0.5) is 17.6 Å². The number of nitrogens with zero attached hydrogens (tertiary/aromatic N) is 3. The van der Waals surface area contributed by atoms with E-state index in [4.69, 9.17) is 0 Å². The summed E-state index contributed by atoms with van der Waals surface area (Å²) in [4.78, 5) is 40.5. The van der Waals surface area contributed by atoms with Crippen molar-refractivity contribution < 1.29 is 31.9 Å². The van der Waals surface area contributed by atoms with Crippen molar-refractivity contribution in [1.82, 2.24) is 14.7 Å². The predicted molar refractivity (Wildman–Crippen MR) is 94.0 cm³/mol. The largest absolute Gasteiger partial charge is 0.406 e. The predicted octanol–water partition coefficient (Wildman–Crippen LogP) is 1.45. The molecule has 0 spiro atoms. The Morgan fingerprint density at radius 2 is 1.59 bits per heavy atom. The quantitative estimate of drug-likeness (QED) is 0.700. The van der Waals surface area contributed by atoms with Crippen LogP contribution in [0, 0.1) is 11.7 Å². The highest BCUT2D eigenvalue weighted by molar-refractivity contribution is 5.89. The second-order valence-electron chi connectivity index (χ2n) is 7.30. The minimum Gasteiger partial charge on any atom is -0.339 e. The molecule has 1 atom stereocenters. The van der Waals surface area contributed by atoms with Gasteiger partial charge in [-0.05, 0) is 17.7 Å². The Labute approximate surface area is 165 Å². The summed E-state index contributed by atoms with van der Waals surface area (Å²) >= 11 is 0. The van der Waals surface area contributed by atoms with Crippen LogP contribution in [0.3, 0.4) is 0 Å². The summed E-state index contributed by atoms with van der Waals surface area (Å²) in [6.07, 6.45) is -4.60. The second-order valence-corrected chi connectivity index (χ2v) is 7.30. The Morgan fingerprint density at radius 1 is 1.00 bits per heavy atom. The topological polar surface area (TPSA) is 60.9 Å². The molecule has 1 unspecified atom stereocenters. The molecule has 0 aromatic heterocycles. The monoisotopic (exact) mass is 415 g/mol. The molecule has 0 radical (unpaired) electrons. The molecule has 3 rings (SSSR count). The number of halogens is 4. The van der Waals surface area contributed by atoms with Crippen LogP contribution in [-0.4, -0.2) is 77.9 Å². The van der Waals surface area contributed by atoms with Crippen LogP contribution in [0.25, 0.3) is 0 Å². The van der Waals surface area contributed by atoms with Crippen molar-refractivity contribution in [2.24, 2.45) is 5.92 Å². The molecule has 6 nitrogen and oxygen atoms in total. The Morgan fingerprint density at radius 3 is 2.17 bits per heavy atom. The molecule has 1 aromatic carbocycles. The third kappa shape index (κ3) is 5.45. The van der Waals surface area contributed by atoms with Crippen molar-refractivity contribution in [2.75, 3.05) is 39.3 Å². The first kappa shape index (κ1) is 21.1. The summed E-state index contributed by atoms with van der Waals surface area (Å²) < 4.78 is 50.5. The van der Waals surface area contributed by atoms with Crippen LogP contribution in [0.2, 0.25) is 0 Å². The van der Waals surface area contributed by atoms with Gasteiger partial charge in [0.15, 0.2) is 0 Å². The van der Waals surface area contributed by atoms with Gasteiger partial charge in [0.05, 0.1) is 12.3 Å². The number of rotatable bonds is 4. The fraction of sp³-hybridized carbons (Fsp3) is 0.526. The van der Waals surface area contributed by atoms with Gasteiger partial charge >= 0.3 is 6.18 Å². The number of amides is 3. The molecule has 0 saturated carbocycles. The van der Waals surface area contributed by atoms with E-state index >= 15 is 0 Å². The van der Waals surface area contributed by atoms with Crippen molar-refractivity contribution in [2.45, 2.75) is 19.0 Å². The summed E-state index contributed by atoms with van der Waals surface area (Å²) in [7, 11) is 0. The van der Waals surface area contributed by atoms with Gasteiger partial charge in [-0.3, -0.25) is 14.4 Å². The Kier molecular flexibility index (Phi) is 6.09. The normalized spacial score (nSPS) is 20.3. The van der Waals surface area contributed by atoms with Gasteiger partial charge in [0.25, 0.3) is 0 Å². The summed E-state index contributed by atoms with van der Waals surface area (Å²) in [5.74, 6) is -2.34. The number of hydrogen-bond acceptors (Lipinski definition) is 3. The molecule has 2 saturated heterocycles. The highest BCUT2D eigenvalue weighted by Crippen LogP contribution is 2.25. The van der Waals surface area contributed by atoms with Crippen molar-refractivity contribution in [3.63, 3.8) is 0 Å². The molecule has 29 heavy (non-hydrogen) atoms. The third-order valence-electron chi connectivity index (χ3n) is 5.15. The maximum atomic E-state index is 12.9. The molecule has 2 fully saturated rings. The molecule has 0 bridgehead atoms. The van der Waals surface area contributed by atoms with Gasteiger partial charge in [-0.15, -0.1) is 0 Å². The average Bonchev–Trinajstić information content (AvgIpc) is 3.02. The number of benzene rings is 1. The fourth-order valence-electron chi connectivity index (χ4n) is 3.63. The van der Waals surface area contributed by atoms with Gasteiger partial charge in [-0.25, -0.2) is 4.39 Å². The first-order valence-corrected chi connectivity index (χ1v) is 9.28. The van der Waals surface area contributed by atoms with Gasteiger partial charge in [0, 0.05) is 39.1 Å². The minimum absolute atomic E-state index is 0.123. The van der Waals surface area contributed by atoms with Crippen molar-refractivity contribution in [3.05, 3.63) is 35.6 Å². The maximum Gasteiger partial charge on any atom is 0.406 e. The van der Waals surface area contributed by atoms with E-state index < -0.39 is 24.5 Å². The summed E-state index contributed by atoms with van der Waals surface area (Å²) in [6.45, 7) is -0.449. The molecule has 2 heterocycles. The maximum absolute atomic E-state index is 12.9. The molecule has 2 aliphatic heterocycles. The van der Waals surface area contributed by atoms with E-state index in [1.807, 2.05) is 0 Å². The van der Waals surface area contributed by atoms with Crippen LogP contribution in [0.5, 0.6) is 0 Å². The van der Waals surface area contributed by atoms with E-state index in [0.717, 1.165) is 0 Å². The number of piperazine rings is 1. The van der Waals surface area contributed by atoms with Crippen LogP contribution in [0.1, 0.15) is 12.0 Å². The first-order valence-electron chi connectivity index (χ1n) is 9.28. The number of likely N-dealkylation sites (tertiary alicyclic amines) is 1. The van der Waals surface area contributed by atoms with Crippen LogP contribution >= 0.6 is 0 Å². The van der Waals surface area contributed by atoms with Gasteiger partial charge in [-0.2, -0.15) is 13.2 Å². The van der Waals surface area contributed by atoms with E-state index in [1.165, 1.54) is 29.2 Å².